The Morgan fingerprint density at radius 2 is 1.70 bits per heavy atom. The van der Waals surface area contributed by atoms with Gasteiger partial charge >= 0.3 is 0 Å². The number of nitrogens with one attached hydrogen (secondary N) is 1. The highest BCUT2D eigenvalue weighted by atomic mass is 19.1. The van der Waals surface area contributed by atoms with Gasteiger partial charge in [0.2, 0.25) is 11.8 Å². The first-order valence-electron chi connectivity index (χ1n) is 8.90. The minimum absolute atomic E-state index is 0.0409. The molecular weight excluding hydrogens is 347 g/mol. The molecule has 0 heterocycles. The third-order valence-electron chi connectivity index (χ3n) is 3.87. The molecule has 2 aromatic carbocycles. The number of hydrogen-bond donors (Lipinski definition) is 1. The minimum Gasteiger partial charge on any atom is -0.491 e. The standard InChI is InChI=1S/C21H25FN2O3/c1-15(2)27-20-10-8-19(9-11-20)23-21(26)14-24(16(3)25)13-12-17-4-6-18(22)7-5-17/h4-11,15H,12-14H2,1-3H3,(H,23,26). The van der Waals surface area contributed by atoms with Gasteiger partial charge in [0.15, 0.2) is 0 Å². The number of amides is 2. The lowest BCUT2D eigenvalue weighted by atomic mass is 10.1. The number of benzene rings is 2. The molecule has 0 spiro atoms. The first kappa shape index (κ1) is 20.4. The van der Waals surface area contributed by atoms with Crippen molar-refractivity contribution in [1.82, 2.24) is 4.90 Å². The second kappa shape index (κ2) is 9.71. The van der Waals surface area contributed by atoms with Gasteiger partial charge in [-0.25, -0.2) is 4.39 Å². The smallest absolute Gasteiger partial charge is 0.243 e. The zero-order valence-electron chi connectivity index (χ0n) is 15.9. The van der Waals surface area contributed by atoms with E-state index in [-0.39, 0.29) is 30.3 Å². The van der Waals surface area contributed by atoms with Crippen LogP contribution in [0.4, 0.5) is 10.1 Å². The predicted octanol–water partition coefficient (Wildman–Crippen LogP) is 3.64. The molecule has 6 heteroatoms. The van der Waals surface area contributed by atoms with Gasteiger partial charge in [0.25, 0.3) is 0 Å². The normalized spacial score (nSPS) is 10.6. The zero-order chi connectivity index (χ0) is 19.8. The van der Waals surface area contributed by atoms with E-state index in [1.807, 2.05) is 13.8 Å². The molecule has 2 aromatic rings. The van der Waals surface area contributed by atoms with Gasteiger partial charge in [-0.3, -0.25) is 9.59 Å². The lowest BCUT2D eigenvalue weighted by Gasteiger charge is -2.20. The fourth-order valence-corrected chi connectivity index (χ4v) is 2.53. The molecule has 0 aliphatic rings. The molecule has 0 radical (unpaired) electrons. The van der Waals surface area contributed by atoms with Crippen LogP contribution in [-0.4, -0.2) is 35.9 Å². The summed E-state index contributed by atoms with van der Waals surface area (Å²) in [5.74, 6) is -0.0335. The van der Waals surface area contributed by atoms with Crippen molar-refractivity contribution in [1.29, 1.82) is 0 Å². The SMILES string of the molecule is CC(=O)N(CCc1ccc(F)cc1)CC(=O)Nc1ccc(OC(C)C)cc1. The number of carbonyl (C=O) groups is 2. The van der Waals surface area contributed by atoms with Gasteiger partial charge in [0, 0.05) is 19.2 Å². The number of carbonyl (C=O) groups excluding carboxylic acids is 2. The van der Waals surface area contributed by atoms with Crippen molar-refractivity contribution in [3.8, 4) is 5.75 Å². The van der Waals surface area contributed by atoms with Crippen LogP contribution in [0.1, 0.15) is 26.3 Å². The number of anilines is 1. The molecule has 2 amide bonds. The zero-order valence-corrected chi connectivity index (χ0v) is 15.9. The van der Waals surface area contributed by atoms with Gasteiger partial charge in [0.1, 0.15) is 11.6 Å². The van der Waals surface area contributed by atoms with Crippen LogP contribution in [0.25, 0.3) is 0 Å². The molecule has 5 nitrogen and oxygen atoms in total. The summed E-state index contributed by atoms with van der Waals surface area (Å²) in [6.45, 7) is 5.66. The summed E-state index contributed by atoms with van der Waals surface area (Å²) < 4.78 is 18.5. The molecule has 0 atom stereocenters. The molecule has 0 fully saturated rings. The van der Waals surface area contributed by atoms with E-state index in [9.17, 15) is 14.0 Å². The average Bonchev–Trinajstić information content (AvgIpc) is 2.61. The van der Waals surface area contributed by atoms with Crippen molar-refractivity contribution in [3.63, 3.8) is 0 Å². The molecule has 2 rings (SSSR count). The number of rotatable bonds is 8. The van der Waals surface area contributed by atoms with E-state index >= 15 is 0 Å². The molecule has 0 unspecified atom stereocenters. The molecule has 0 bridgehead atoms. The van der Waals surface area contributed by atoms with Gasteiger partial charge < -0.3 is 15.0 Å². The Morgan fingerprint density at radius 1 is 1.07 bits per heavy atom. The third-order valence-corrected chi connectivity index (χ3v) is 3.87. The molecule has 1 N–H and O–H groups in total. The largest absolute Gasteiger partial charge is 0.491 e. The maximum Gasteiger partial charge on any atom is 0.243 e. The molecule has 144 valence electrons. The molecule has 0 saturated heterocycles. The van der Waals surface area contributed by atoms with Crippen molar-refractivity contribution in [2.75, 3.05) is 18.4 Å². The van der Waals surface area contributed by atoms with Crippen molar-refractivity contribution >= 4 is 17.5 Å². The number of hydrogen-bond acceptors (Lipinski definition) is 3. The molecule has 0 aliphatic heterocycles. The Bertz CT molecular complexity index is 758. The topological polar surface area (TPSA) is 58.6 Å². The van der Waals surface area contributed by atoms with E-state index in [1.54, 1.807) is 36.4 Å². The van der Waals surface area contributed by atoms with Crippen molar-refractivity contribution < 1.29 is 18.7 Å². The average molecular weight is 372 g/mol. The van der Waals surface area contributed by atoms with Crippen LogP contribution in [0, 0.1) is 5.82 Å². The van der Waals surface area contributed by atoms with Crippen LogP contribution >= 0.6 is 0 Å². The van der Waals surface area contributed by atoms with Crippen LogP contribution in [0.2, 0.25) is 0 Å². The minimum atomic E-state index is -0.300. The lowest BCUT2D eigenvalue weighted by Crippen LogP contribution is -2.38. The summed E-state index contributed by atoms with van der Waals surface area (Å²) >= 11 is 0. The van der Waals surface area contributed by atoms with Gasteiger partial charge in [-0.1, -0.05) is 12.1 Å². The third kappa shape index (κ3) is 7.09. The van der Waals surface area contributed by atoms with E-state index in [1.165, 1.54) is 24.0 Å². The fraction of sp³-hybridized carbons (Fsp3) is 0.333. The molecule has 27 heavy (non-hydrogen) atoms. The van der Waals surface area contributed by atoms with E-state index in [0.717, 1.165) is 11.3 Å². The highest BCUT2D eigenvalue weighted by molar-refractivity contribution is 5.94. The van der Waals surface area contributed by atoms with Crippen LogP contribution < -0.4 is 10.1 Å². The summed E-state index contributed by atoms with van der Waals surface area (Å²) in [6, 6.07) is 13.2. The van der Waals surface area contributed by atoms with Gasteiger partial charge in [-0.05, 0) is 62.2 Å². The maximum absolute atomic E-state index is 13.0. The quantitative estimate of drug-likeness (QED) is 0.770. The Labute approximate surface area is 159 Å². The first-order chi connectivity index (χ1) is 12.8. The van der Waals surface area contributed by atoms with Crippen LogP contribution in [0.3, 0.4) is 0 Å². The second-order valence-corrected chi connectivity index (χ2v) is 6.56. The fourth-order valence-electron chi connectivity index (χ4n) is 2.53. The molecule has 0 aliphatic carbocycles. The summed E-state index contributed by atoms with van der Waals surface area (Å²) in [5, 5.41) is 2.78. The van der Waals surface area contributed by atoms with Crippen LogP contribution in [-0.2, 0) is 16.0 Å². The lowest BCUT2D eigenvalue weighted by molar-refractivity contribution is -0.132. The number of nitrogens with zero attached hydrogens (tertiary/aromatic N) is 1. The highest BCUT2D eigenvalue weighted by Gasteiger charge is 2.14. The summed E-state index contributed by atoms with van der Waals surface area (Å²) in [6.07, 6.45) is 0.629. The van der Waals surface area contributed by atoms with E-state index in [4.69, 9.17) is 4.74 Å². The molecule has 0 saturated carbocycles. The first-order valence-corrected chi connectivity index (χ1v) is 8.90. The maximum atomic E-state index is 13.0. The van der Waals surface area contributed by atoms with E-state index < -0.39 is 0 Å². The van der Waals surface area contributed by atoms with E-state index in [0.29, 0.717) is 18.7 Å². The Hall–Kier alpha value is -2.89. The van der Waals surface area contributed by atoms with Crippen LogP contribution in [0.5, 0.6) is 5.75 Å². The Balaban J connectivity index is 1.88. The Morgan fingerprint density at radius 3 is 2.26 bits per heavy atom. The number of ether oxygens (including phenoxy) is 1. The summed E-state index contributed by atoms with van der Waals surface area (Å²) in [5.41, 5.74) is 1.54. The van der Waals surface area contributed by atoms with Crippen molar-refractivity contribution in [2.45, 2.75) is 33.3 Å². The predicted molar refractivity (Wildman–Crippen MR) is 103 cm³/mol. The summed E-state index contributed by atoms with van der Waals surface area (Å²) in [4.78, 5) is 25.6. The van der Waals surface area contributed by atoms with Crippen molar-refractivity contribution in [3.05, 3.63) is 59.9 Å². The van der Waals surface area contributed by atoms with E-state index in [2.05, 4.69) is 5.32 Å². The van der Waals surface area contributed by atoms with Gasteiger partial charge in [-0.2, -0.15) is 0 Å². The monoisotopic (exact) mass is 372 g/mol. The molecular formula is C21H25FN2O3. The van der Waals surface area contributed by atoms with Crippen molar-refractivity contribution in [2.24, 2.45) is 0 Å². The number of halogens is 1. The second-order valence-electron chi connectivity index (χ2n) is 6.56. The highest BCUT2D eigenvalue weighted by Crippen LogP contribution is 2.17. The molecule has 0 aromatic heterocycles. The van der Waals surface area contributed by atoms with Crippen LogP contribution in [0.15, 0.2) is 48.5 Å². The Kier molecular flexibility index (Phi) is 7.34. The van der Waals surface area contributed by atoms with Gasteiger partial charge in [-0.15, -0.1) is 0 Å². The van der Waals surface area contributed by atoms with Gasteiger partial charge in [0.05, 0.1) is 12.6 Å². The summed E-state index contributed by atoms with van der Waals surface area (Å²) in [7, 11) is 0.